The highest BCUT2D eigenvalue weighted by atomic mass is 19.2. The predicted molar refractivity (Wildman–Crippen MR) is 78.7 cm³/mol. The lowest BCUT2D eigenvalue weighted by molar-refractivity contribution is 0.0954. The van der Waals surface area contributed by atoms with Crippen molar-refractivity contribution in [3.8, 4) is 5.75 Å². The van der Waals surface area contributed by atoms with Gasteiger partial charge in [-0.3, -0.25) is 9.69 Å². The Morgan fingerprint density at radius 3 is 2.74 bits per heavy atom. The molecule has 23 heavy (non-hydrogen) atoms. The van der Waals surface area contributed by atoms with Gasteiger partial charge in [0.25, 0.3) is 5.91 Å². The first-order valence-electron chi connectivity index (χ1n) is 7.29. The number of amides is 1. The Labute approximate surface area is 131 Å². The molecule has 2 heterocycles. The molecular weight excluding hydrogens is 306 g/mol. The van der Waals surface area contributed by atoms with E-state index in [1.165, 1.54) is 11.3 Å². The van der Waals surface area contributed by atoms with Gasteiger partial charge in [0.05, 0.1) is 12.2 Å². The van der Waals surface area contributed by atoms with Crippen LogP contribution in [0.25, 0.3) is 0 Å². The zero-order chi connectivity index (χ0) is 16.7. The molecule has 7 heteroatoms. The van der Waals surface area contributed by atoms with Gasteiger partial charge < -0.3 is 9.15 Å². The molecule has 0 aliphatic carbocycles. The molecule has 1 aliphatic heterocycles. The molecule has 2 aromatic rings. The van der Waals surface area contributed by atoms with Gasteiger partial charge in [-0.25, -0.2) is 13.8 Å². The van der Waals surface area contributed by atoms with Crippen LogP contribution in [0.5, 0.6) is 5.75 Å². The van der Waals surface area contributed by atoms with E-state index in [2.05, 4.69) is 4.98 Å². The first-order chi connectivity index (χ1) is 10.9. The second-order valence-corrected chi connectivity index (χ2v) is 5.80. The van der Waals surface area contributed by atoms with Gasteiger partial charge in [0.15, 0.2) is 23.7 Å². The van der Waals surface area contributed by atoms with Crippen molar-refractivity contribution < 1.29 is 22.7 Å². The van der Waals surface area contributed by atoms with E-state index >= 15 is 0 Å². The number of fused-ring (bicyclic) bond motifs is 1. The minimum atomic E-state index is -1.04. The Morgan fingerprint density at radius 2 is 2.04 bits per heavy atom. The van der Waals surface area contributed by atoms with Gasteiger partial charge >= 0.3 is 0 Å². The number of rotatable bonds is 2. The number of anilines is 1. The maximum absolute atomic E-state index is 13.6. The maximum Gasteiger partial charge on any atom is 0.280 e. The topological polar surface area (TPSA) is 55.6 Å². The summed E-state index contributed by atoms with van der Waals surface area (Å²) in [7, 11) is 0. The highest BCUT2D eigenvalue weighted by Gasteiger charge is 2.33. The first kappa shape index (κ1) is 15.5. The van der Waals surface area contributed by atoms with E-state index in [0.717, 1.165) is 12.1 Å². The van der Waals surface area contributed by atoms with E-state index in [0.29, 0.717) is 5.76 Å². The molecule has 0 fully saturated rings. The number of hydrogen-bond acceptors (Lipinski definition) is 4. The summed E-state index contributed by atoms with van der Waals surface area (Å²) in [5.74, 6) is -1.92. The molecule has 1 unspecified atom stereocenters. The van der Waals surface area contributed by atoms with Gasteiger partial charge in [0, 0.05) is 18.1 Å². The summed E-state index contributed by atoms with van der Waals surface area (Å²) >= 11 is 0. The van der Waals surface area contributed by atoms with Crippen LogP contribution >= 0.6 is 0 Å². The monoisotopic (exact) mass is 322 g/mol. The quantitative estimate of drug-likeness (QED) is 0.849. The lowest BCUT2D eigenvalue weighted by Crippen LogP contribution is -2.43. The summed E-state index contributed by atoms with van der Waals surface area (Å²) in [5, 5.41) is 0. The Kier molecular flexibility index (Phi) is 3.79. The molecule has 1 amide bonds. The summed E-state index contributed by atoms with van der Waals surface area (Å²) in [6.45, 7) is 5.71. The Morgan fingerprint density at radius 1 is 1.35 bits per heavy atom. The average molecular weight is 322 g/mol. The fraction of sp³-hybridized carbons (Fsp3) is 0.375. The smallest absolute Gasteiger partial charge is 0.280 e. The maximum atomic E-state index is 13.6. The zero-order valence-corrected chi connectivity index (χ0v) is 13.0. The van der Waals surface area contributed by atoms with Crippen LogP contribution in [0, 0.1) is 11.6 Å². The predicted octanol–water partition coefficient (Wildman–Crippen LogP) is 3.50. The van der Waals surface area contributed by atoms with E-state index < -0.39 is 17.5 Å². The van der Waals surface area contributed by atoms with E-state index in [1.54, 1.807) is 6.92 Å². The highest BCUT2D eigenvalue weighted by molar-refractivity contribution is 6.06. The fourth-order valence-electron chi connectivity index (χ4n) is 2.58. The van der Waals surface area contributed by atoms with Crippen molar-refractivity contribution in [1.82, 2.24) is 4.98 Å². The molecule has 1 atom stereocenters. The second kappa shape index (κ2) is 5.64. The highest BCUT2D eigenvalue weighted by Crippen LogP contribution is 2.36. The average Bonchev–Trinajstić information content (AvgIpc) is 2.97. The van der Waals surface area contributed by atoms with E-state index in [9.17, 15) is 13.6 Å². The SMILES string of the molecule is CC1CN(C(=O)c2ncoc2C(C)C)c2cc(F)c(F)cc2O1. The van der Waals surface area contributed by atoms with Crippen molar-refractivity contribution in [2.75, 3.05) is 11.4 Å². The van der Waals surface area contributed by atoms with Crippen LogP contribution in [-0.4, -0.2) is 23.5 Å². The Balaban J connectivity index is 2.05. The largest absolute Gasteiger partial charge is 0.487 e. The van der Waals surface area contributed by atoms with Gasteiger partial charge in [0.2, 0.25) is 0 Å². The number of carbonyl (C=O) groups excluding carboxylic acids is 1. The molecule has 0 radical (unpaired) electrons. The van der Waals surface area contributed by atoms with Crippen LogP contribution in [0.1, 0.15) is 42.9 Å². The van der Waals surface area contributed by atoms with Gasteiger partial charge in [-0.05, 0) is 6.92 Å². The zero-order valence-electron chi connectivity index (χ0n) is 13.0. The number of halogens is 2. The summed E-state index contributed by atoms with van der Waals surface area (Å²) < 4.78 is 37.8. The summed E-state index contributed by atoms with van der Waals surface area (Å²) in [5.41, 5.74) is 0.356. The number of ether oxygens (including phenoxy) is 1. The normalized spacial score (nSPS) is 17.1. The van der Waals surface area contributed by atoms with E-state index in [1.807, 2.05) is 13.8 Å². The molecular formula is C16H16F2N2O3. The second-order valence-electron chi connectivity index (χ2n) is 5.80. The summed E-state index contributed by atoms with van der Waals surface area (Å²) in [6, 6.07) is 1.91. The molecule has 1 aromatic heterocycles. The van der Waals surface area contributed by atoms with Crippen molar-refractivity contribution in [1.29, 1.82) is 0 Å². The fourth-order valence-corrected chi connectivity index (χ4v) is 2.58. The molecule has 0 bridgehead atoms. The van der Waals surface area contributed by atoms with Crippen molar-refractivity contribution >= 4 is 11.6 Å². The molecule has 0 N–H and O–H groups in total. The number of oxazole rings is 1. The van der Waals surface area contributed by atoms with Crippen molar-refractivity contribution in [2.45, 2.75) is 32.8 Å². The molecule has 0 spiro atoms. The molecule has 0 saturated carbocycles. The molecule has 1 aromatic carbocycles. The lowest BCUT2D eigenvalue weighted by atomic mass is 10.1. The molecule has 122 valence electrons. The standard InChI is InChI=1S/C16H16F2N2O3/c1-8(2)15-14(19-7-22-15)16(21)20-6-9(3)23-13-5-11(18)10(17)4-12(13)20/h4-5,7-9H,6H2,1-3H3. The minimum absolute atomic E-state index is 0.0284. The molecule has 1 aliphatic rings. The van der Waals surface area contributed by atoms with Crippen LogP contribution in [0.2, 0.25) is 0 Å². The number of carbonyl (C=O) groups is 1. The molecule has 5 nitrogen and oxygen atoms in total. The van der Waals surface area contributed by atoms with Crippen molar-refractivity contribution in [2.24, 2.45) is 0 Å². The van der Waals surface area contributed by atoms with Crippen LogP contribution in [-0.2, 0) is 0 Å². The van der Waals surface area contributed by atoms with E-state index in [4.69, 9.17) is 9.15 Å². The third-order valence-electron chi connectivity index (χ3n) is 3.63. The summed E-state index contributed by atoms with van der Waals surface area (Å²) in [4.78, 5) is 18.1. The number of benzene rings is 1. The summed E-state index contributed by atoms with van der Waals surface area (Å²) in [6.07, 6.45) is 0.851. The third-order valence-corrected chi connectivity index (χ3v) is 3.63. The number of aromatic nitrogens is 1. The van der Waals surface area contributed by atoms with Crippen molar-refractivity contribution in [3.63, 3.8) is 0 Å². The van der Waals surface area contributed by atoms with Gasteiger partial charge in [-0.2, -0.15) is 0 Å². The van der Waals surface area contributed by atoms with Crippen LogP contribution < -0.4 is 9.64 Å². The van der Waals surface area contributed by atoms with E-state index in [-0.39, 0.29) is 35.7 Å². The third kappa shape index (κ3) is 2.67. The van der Waals surface area contributed by atoms with Gasteiger partial charge in [0.1, 0.15) is 17.6 Å². The lowest BCUT2D eigenvalue weighted by Gasteiger charge is -2.33. The van der Waals surface area contributed by atoms with Crippen LogP contribution in [0.4, 0.5) is 14.5 Å². The van der Waals surface area contributed by atoms with Crippen molar-refractivity contribution in [3.05, 3.63) is 41.6 Å². The minimum Gasteiger partial charge on any atom is -0.487 e. The molecule has 0 saturated heterocycles. The van der Waals surface area contributed by atoms with Gasteiger partial charge in [-0.1, -0.05) is 13.8 Å². The van der Waals surface area contributed by atoms with Gasteiger partial charge in [-0.15, -0.1) is 0 Å². The first-order valence-corrected chi connectivity index (χ1v) is 7.29. The van der Waals surface area contributed by atoms with Crippen LogP contribution in [0.15, 0.2) is 22.9 Å². The molecule has 3 rings (SSSR count). The Hall–Kier alpha value is -2.44. The number of hydrogen-bond donors (Lipinski definition) is 0. The Bertz CT molecular complexity index is 758. The van der Waals surface area contributed by atoms with Crippen LogP contribution in [0.3, 0.4) is 0 Å². The number of nitrogens with zero attached hydrogens (tertiary/aromatic N) is 2.